The van der Waals surface area contributed by atoms with Crippen molar-refractivity contribution in [3.8, 4) is 0 Å². The largest absolute Gasteiger partial charge is 0.318 e. The molecule has 0 spiro atoms. The third-order valence-corrected chi connectivity index (χ3v) is 2.10. The molecule has 0 aromatic heterocycles. The quantitative estimate of drug-likeness (QED) is 0.589. The van der Waals surface area contributed by atoms with Gasteiger partial charge in [0.1, 0.15) is 0 Å². The lowest BCUT2D eigenvalue weighted by atomic mass is 10.3. The van der Waals surface area contributed by atoms with Crippen molar-refractivity contribution in [1.82, 2.24) is 10.6 Å². The van der Waals surface area contributed by atoms with Crippen molar-refractivity contribution < 1.29 is 9.59 Å². The van der Waals surface area contributed by atoms with Crippen molar-refractivity contribution in [3.05, 3.63) is 60.5 Å². The van der Waals surface area contributed by atoms with E-state index >= 15 is 0 Å². The van der Waals surface area contributed by atoms with Crippen LogP contribution in [0.5, 0.6) is 0 Å². The summed E-state index contributed by atoms with van der Waals surface area (Å²) in [6, 6.07) is 0. The molecule has 2 N–H and O–H groups in total. The third kappa shape index (κ3) is 6.83. The fourth-order valence-corrected chi connectivity index (χ4v) is 1.15. The molecule has 102 valence electrons. The summed E-state index contributed by atoms with van der Waals surface area (Å²) in [5, 5.41) is 5.00. The summed E-state index contributed by atoms with van der Waals surface area (Å²) in [5.41, 5.74) is 1.11. The van der Waals surface area contributed by atoms with Crippen LogP contribution in [-0.2, 0) is 9.59 Å². The molecule has 0 saturated carbocycles. The first-order valence-corrected chi connectivity index (χ1v) is 5.95. The second-order valence-corrected chi connectivity index (χ2v) is 3.49. The molecule has 0 aliphatic rings. The number of carbonyl (C=O) groups excluding carboxylic acids is 2. The van der Waals surface area contributed by atoms with Gasteiger partial charge in [0, 0.05) is 11.4 Å². The number of carbonyl (C=O) groups is 2. The molecule has 19 heavy (non-hydrogen) atoms. The molecular weight excluding hydrogens is 240 g/mol. The Hall–Kier alpha value is -2.36. The molecule has 0 atom stereocenters. The van der Waals surface area contributed by atoms with Crippen LogP contribution in [0.15, 0.2) is 60.5 Å². The third-order valence-electron chi connectivity index (χ3n) is 2.10. The highest BCUT2D eigenvalue weighted by Gasteiger charge is 2.13. The molecule has 0 rings (SSSR count). The van der Waals surface area contributed by atoms with E-state index in [-0.39, 0.29) is 0 Å². The lowest BCUT2D eigenvalue weighted by Crippen LogP contribution is -2.38. The van der Waals surface area contributed by atoms with Crippen molar-refractivity contribution in [1.29, 1.82) is 0 Å². The smallest absolute Gasteiger partial charge is 0.314 e. The number of amides is 2. The topological polar surface area (TPSA) is 58.2 Å². The maximum atomic E-state index is 11.7. The predicted octanol–water partition coefficient (Wildman–Crippen LogP) is 2.34. The van der Waals surface area contributed by atoms with Crippen molar-refractivity contribution in [2.75, 3.05) is 0 Å². The van der Waals surface area contributed by atoms with Gasteiger partial charge in [-0.15, -0.1) is 0 Å². The average molecular weight is 260 g/mol. The Morgan fingerprint density at radius 1 is 0.895 bits per heavy atom. The van der Waals surface area contributed by atoms with Crippen LogP contribution in [0.2, 0.25) is 0 Å². The minimum Gasteiger partial charge on any atom is -0.318 e. The van der Waals surface area contributed by atoms with Gasteiger partial charge in [0.2, 0.25) is 0 Å². The van der Waals surface area contributed by atoms with Gasteiger partial charge in [0.05, 0.1) is 0 Å². The Morgan fingerprint density at radius 2 is 1.37 bits per heavy atom. The summed E-state index contributed by atoms with van der Waals surface area (Å²) < 4.78 is 0. The second kappa shape index (κ2) is 9.65. The summed E-state index contributed by atoms with van der Waals surface area (Å²) in [7, 11) is 0. The van der Waals surface area contributed by atoms with Crippen molar-refractivity contribution >= 4 is 11.8 Å². The van der Waals surface area contributed by atoms with Crippen molar-refractivity contribution in [2.24, 2.45) is 0 Å². The van der Waals surface area contributed by atoms with Crippen LogP contribution in [-0.4, -0.2) is 11.8 Å². The average Bonchev–Trinajstić information content (AvgIpc) is 2.42. The van der Waals surface area contributed by atoms with E-state index < -0.39 is 11.8 Å². The van der Waals surface area contributed by atoms with Crippen LogP contribution < -0.4 is 10.6 Å². The minimum absolute atomic E-state index is 0.535. The van der Waals surface area contributed by atoms with Gasteiger partial charge in [0.25, 0.3) is 0 Å². The zero-order chi connectivity index (χ0) is 14.7. The molecule has 0 aliphatic heterocycles. The molecule has 0 bridgehead atoms. The number of hydrogen-bond acceptors (Lipinski definition) is 2. The minimum atomic E-state index is -0.717. The summed E-state index contributed by atoms with van der Waals surface area (Å²) in [6.07, 6.45) is 11.8. The van der Waals surface area contributed by atoms with Crippen LogP contribution in [0, 0.1) is 0 Å². The molecule has 2 amide bonds. The summed E-state index contributed by atoms with van der Waals surface area (Å²) in [5.74, 6) is -1.43. The van der Waals surface area contributed by atoms with Crippen molar-refractivity contribution in [3.63, 3.8) is 0 Å². The zero-order valence-corrected chi connectivity index (χ0v) is 11.6. The van der Waals surface area contributed by atoms with E-state index in [0.29, 0.717) is 11.4 Å². The van der Waals surface area contributed by atoms with E-state index in [4.69, 9.17) is 0 Å². The van der Waals surface area contributed by atoms with Gasteiger partial charge in [-0.2, -0.15) is 0 Å². The highest BCUT2D eigenvalue weighted by atomic mass is 16.2. The Balaban J connectivity index is 4.62. The van der Waals surface area contributed by atoms with E-state index in [1.165, 1.54) is 0 Å². The summed E-state index contributed by atoms with van der Waals surface area (Å²) in [6.45, 7) is 8.90. The molecule has 0 fully saturated rings. The van der Waals surface area contributed by atoms with Gasteiger partial charge in [-0.3, -0.25) is 9.59 Å². The SMILES string of the molecule is C=C/C=C\C(=C/C)NC(=O)C(=O)NC(/C=C\C)=C/C. The number of rotatable bonds is 5. The van der Waals surface area contributed by atoms with Crippen LogP contribution >= 0.6 is 0 Å². The highest BCUT2D eigenvalue weighted by Crippen LogP contribution is 1.94. The Kier molecular flexibility index (Phi) is 8.45. The van der Waals surface area contributed by atoms with E-state index in [1.807, 2.05) is 6.92 Å². The van der Waals surface area contributed by atoms with Gasteiger partial charge in [-0.05, 0) is 32.9 Å². The van der Waals surface area contributed by atoms with Crippen LogP contribution in [0.25, 0.3) is 0 Å². The summed E-state index contributed by atoms with van der Waals surface area (Å²) in [4.78, 5) is 23.3. The van der Waals surface area contributed by atoms with Crippen LogP contribution in [0.1, 0.15) is 20.8 Å². The molecule has 0 aliphatic carbocycles. The monoisotopic (exact) mass is 260 g/mol. The molecule has 0 aromatic rings. The molecule has 0 unspecified atom stereocenters. The maximum absolute atomic E-state index is 11.7. The number of nitrogens with one attached hydrogen (secondary N) is 2. The molecule has 0 saturated heterocycles. The van der Waals surface area contributed by atoms with E-state index in [1.54, 1.807) is 56.4 Å². The lowest BCUT2D eigenvalue weighted by Gasteiger charge is -2.07. The second-order valence-electron chi connectivity index (χ2n) is 3.49. The molecule has 0 aromatic carbocycles. The Bertz CT molecular complexity index is 455. The fourth-order valence-electron chi connectivity index (χ4n) is 1.15. The first kappa shape index (κ1) is 16.6. The molecule has 0 radical (unpaired) electrons. The van der Waals surface area contributed by atoms with Gasteiger partial charge < -0.3 is 10.6 Å². The Morgan fingerprint density at radius 3 is 1.74 bits per heavy atom. The first-order chi connectivity index (χ1) is 9.08. The standard InChI is InChI=1S/C15H20N2O2/c1-5-9-11-13(8-4)17-15(19)14(18)16-12(7-3)10-6-2/h5-11H,1H2,2-4H3,(H,16,18)(H,17,19)/b10-6-,11-9-,12-7+,13-8+. The molecule has 0 heterocycles. The number of hydrogen-bond donors (Lipinski definition) is 2. The van der Waals surface area contributed by atoms with E-state index in [0.717, 1.165) is 0 Å². The molecule has 4 heteroatoms. The van der Waals surface area contributed by atoms with E-state index in [2.05, 4.69) is 17.2 Å². The number of allylic oxidation sites excluding steroid dienone is 7. The van der Waals surface area contributed by atoms with Crippen LogP contribution in [0.3, 0.4) is 0 Å². The van der Waals surface area contributed by atoms with Gasteiger partial charge in [-0.1, -0.05) is 37.0 Å². The van der Waals surface area contributed by atoms with Gasteiger partial charge in [0.15, 0.2) is 0 Å². The molecule has 4 nitrogen and oxygen atoms in total. The Labute approximate surface area is 114 Å². The maximum Gasteiger partial charge on any atom is 0.314 e. The fraction of sp³-hybridized carbons (Fsp3) is 0.200. The molecular formula is C15H20N2O2. The zero-order valence-electron chi connectivity index (χ0n) is 11.6. The first-order valence-electron chi connectivity index (χ1n) is 5.95. The highest BCUT2D eigenvalue weighted by molar-refractivity contribution is 6.36. The predicted molar refractivity (Wildman–Crippen MR) is 78.0 cm³/mol. The van der Waals surface area contributed by atoms with Gasteiger partial charge in [-0.25, -0.2) is 0 Å². The van der Waals surface area contributed by atoms with Crippen molar-refractivity contribution in [2.45, 2.75) is 20.8 Å². The summed E-state index contributed by atoms with van der Waals surface area (Å²) >= 11 is 0. The van der Waals surface area contributed by atoms with E-state index in [9.17, 15) is 9.59 Å². The van der Waals surface area contributed by atoms with Crippen LogP contribution in [0.4, 0.5) is 0 Å². The lowest BCUT2D eigenvalue weighted by molar-refractivity contribution is -0.138. The van der Waals surface area contributed by atoms with Gasteiger partial charge >= 0.3 is 11.8 Å². The normalized spacial score (nSPS) is 12.8.